The Morgan fingerprint density at radius 2 is 2.00 bits per heavy atom. The molecule has 0 aliphatic carbocycles. The van der Waals surface area contributed by atoms with E-state index in [-0.39, 0.29) is 19.1 Å². The van der Waals surface area contributed by atoms with Gasteiger partial charge in [-0.2, -0.15) is 0 Å². The molecule has 1 aromatic rings. The summed E-state index contributed by atoms with van der Waals surface area (Å²) in [4.78, 5) is 24.4. The fraction of sp³-hybridized carbons (Fsp3) is 0.385. The van der Waals surface area contributed by atoms with Gasteiger partial charge in [0.25, 0.3) is 5.91 Å². The number of carbonyl (C=O) groups excluding carboxylic acids is 2. The highest BCUT2D eigenvalue weighted by atomic mass is 35.5. The summed E-state index contributed by atoms with van der Waals surface area (Å²) in [5.41, 5.74) is 0. The maximum absolute atomic E-state index is 11.9. The first kappa shape index (κ1) is 16.6. The number of methoxy groups -OCH3 is 1. The maximum Gasteiger partial charge on any atom is 0.325 e. The van der Waals surface area contributed by atoms with E-state index in [9.17, 15) is 9.59 Å². The molecule has 1 rings (SSSR count). The molecule has 0 aromatic heterocycles. The van der Waals surface area contributed by atoms with Gasteiger partial charge in [-0.25, -0.2) is 0 Å². The van der Waals surface area contributed by atoms with Crippen molar-refractivity contribution in [3.63, 3.8) is 0 Å². The lowest BCUT2D eigenvalue weighted by Crippen LogP contribution is -2.38. The van der Waals surface area contributed by atoms with Crippen LogP contribution in [0.3, 0.4) is 0 Å². The average molecular weight is 320 g/mol. The van der Waals surface area contributed by atoms with Crippen LogP contribution in [0.5, 0.6) is 5.75 Å². The lowest BCUT2D eigenvalue weighted by molar-refractivity contribution is -0.147. The van der Waals surface area contributed by atoms with Gasteiger partial charge in [-0.3, -0.25) is 9.59 Å². The third kappa shape index (κ3) is 4.90. The Labute approximate surface area is 127 Å². The molecular weight excluding hydrogens is 305 g/mol. The lowest BCUT2D eigenvalue weighted by Gasteiger charge is -2.19. The Balaban J connectivity index is 2.58. The third-order valence-corrected chi connectivity index (χ3v) is 3.06. The second-order valence-electron chi connectivity index (χ2n) is 3.85. The average Bonchev–Trinajstić information content (AvgIpc) is 2.43. The SMILES string of the molecule is CCN(CC(=O)OC)C(=O)COc1ccc(Cl)cc1Cl. The molecule has 0 fully saturated rings. The maximum atomic E-state index is 11.9. The molecule has 0 atom stereocenters. The zero-order chi connectivity index (χ0) is 15.1. The van der Waals surface area contributed by atoms with Gasteiger partial charge < -0.3 is 14.4 Å². The topological polar surface area (TPSA) is 55.8 Å². The summed E-state index contributed by atoms with van der Waals surface area (Å²) < 4.78 is 9.84. The number of rotatable bonds is 6. The quantitative estimate of drug-likeness (QED) is 0.755. The summed E-state index contributed by atoms with van der Waals surface area (Å²) in [5, 5.41) is 0.802. The zero-order valence-electron chi connectivity index (χ0n) is 11.2. The van der Waals surface area contributed by atoms with Gasteiger partial charge in [0.05, 0.1) is 12.1 Å². The number of likely N-dealkylation sites (N-methyl/N-ethyl adjacent to an activating group) is 1. The number of halogens is 2. The Morgan fingerprint density at radius 3 is 2.55 bits per heavy atom. The van der Waals surface area contributed by atoms with Crippen molar-refractivity contribution in [1.82, 2.24) is 4.90 Å². The van der Waals surface area contributed by atoms with Crippen LogP contribution in [0.1, 0.15) is 6.92 Å². The summed E-state index contributed by atoms with van der Waals surface area (Å²) in [6.45, 7) is 1.82. The monoisotopic (exact) mass is 319 g/mol. The Kier molecular flexibility index (Phi) is 6.61. The van der Waals surface area contributed by atoms with Crippen LogP contribution >= 0.6 is 23.2 Å². The number of esters is 1. The molecule has 7 heteroatoms. The molecular formula is C13H15Cl2NO4. The molecule has 0 bridgehead atoms. The first-order valence-electron chi connectivity index (χ1n) is 5.90. The van der Waals surface area contributed by atoms with E-state index in [1.54, 1.807) is 19.1 Å². The third-order valence-electron chi connectivity index (χ3n) is 2.53. The van der Waals surface area contributed by atoms with E-state index in [4.69, 9.17) is 27.9 Å². The summed E-state index contributed by atoms with van der Waals surface area (Å²) in [6, 6.07) is 4.71. The van der Waals surface area contributed by atoms with Crippen LogP contribution in [-0.4, -0.2) is 43.6 Å². The van der Waals surface area contributed by atoms with Gasteiger partial charge in [0.2, 0.25) is 0 Å². The van der Waals surface area contributed by atoms with Crippen molar-refractivity contribution in [2.24, 2.45) is 0 Å². The number of nitrogens with zero attached hydrogens (tertiary/aromatic N) is 1. The van der Waals surface area contributed by atoms with E-state index in [1.807, 2.05) is 0 Å². The Morgan fingerprint density at radius 1 is 1.30 bits per heavy atom. The van der Waals surface area contributed by atoms with Crippen LogP contribution in [0.15, 0.2) is 18.2 Å². The number of carbonyl (C=O) groups is 2. The van der Waals surface area contributed by atoms with Crippen molar-refractivity contribution < 1.29 is 19.1 Å². The second-order valence-corrected chi connectivity index (χ2v) is 4.69. The predicted molar refractivity (Wildman–Crippen MR) is 76.2 cm³/mol. The number of amides is 1. The van der Waals surface area contributed by atoms with Crippen molar-refractivity contribution in [2.45, 2.75) is 6.92 Å². The van der Waals surface area contributed by atoms with Crippen molar-refractivity contribution in [3.05, 3.63) is 28.2 Å². The molecule has 110 valence electrons. The highest BCUT2D eigenvalue weighted by Gasteiger charge is 2.16. The standard InChI is InChI=1S/C13H15Cl2NO4/c1-3-16(7-13(18)19-2)12(17)8-20-11-5-4-9(14)6-10(11)15/h4-6H,3,7-8H2,1-2H3. The lowest BCUT2D eigenvalue weighted by atomic mass is 10.3. The minimum Gasteiger partial charge on any atom is -0.482 e. The van der Waals surface area contributed by atoms with E-state index in [0.717, 1.165) is 0 Å². The first-order valence-corrected chi connectivity index (χ1v) is 6.66. The number of benzene rings is 1. The van der Waals surface area contributed by atoms with Gasteiger partial charge in [-0.1, -0.05) is 23.2 Å². The molecule has 0 unspecified atom stereocenters. The van der Waals surface area contributed by atoms with Gasteiger partial charge in [-0.05, 0) is 25.1 Å². The molecule has 0 saturated heterocycles. The van der Waals surface area contributed by atoms with E-state index in [2.05, 4.69) is 4.74 Å². The van der Waals surface area contributed by atoms with E-state index in [0.29, 0.717) is 22.3 Å². The fourth-order valence-corrected chi connectivity index (χ4v) is 1.88. The molecule has 0 aliphatic rings. The van der Waals surface area contributed by atoms with E-state index >= 15 is 0 Å². The predicted octanol–water partition coefficient (Wildman–Crippen LogP) is 2.39. The smallest absolute Gasteiger partial charge is 0.325 e. The number of ether oxygens (including phenoxy) is 2. The van der Waals surface area contributed by atoms with Crippen LogP contribution in [0.4, 0.5) is 0 Å². The molecule has 1 aromatic carbocycles. The molecule has 0 aliphatic heterocycles. The van der Waals surface area contributed by atoms with Gasteiger partial charge in [-0.15, -0.1) is 0 Å². The van der Waals surface area contributed by atoms with Gasteiger partial charge >= 0.3 is 5.97 Å². The minimum atomic E-state index is -0.482. The minimum absolute atomic E-state index is 0.108. The number of hydrogen-bond acceptors (Lipinski definition) is 4. The molecule has 5 nitrogen and oxygen atoms in total. The first-order chi connectivity index (χ1) is 9.47. The van der Waals surface area contributed by atoms with Crippen molar-refractivity contribution in [3.8, 4) is 5.75 Å². The van der Waals surface area contributed by atoms with Crippen LogP contribution in [0.2, 0.25) is 10.0 Å². The van der Waals surface area contributed by atoms with Gasteiger partial charge in [0.15, 0.2) is 6.61 Å². The van der Waals surface area contributed by atoms with Crippen molar-refractivity contribution in [2.75, 3.05) is 26.8 Å². The van der Waals surface area contributed by atoms with E-state index in [1.165, 1.54) is 18.1 Å². The molecule has 0 N–H and O–H groups in total. The molecule has 0 saturated carbocycles. The molecule has 20 heavy (non-hydrogen) atoms. The van der Waals surface area contributed by atoms with E-state index < -0.39 is 5.97 Å². The molecule has 1 amide bonds. The van der Waals surface area contributed by atoms with Gasteiger partial charge in [0, 0.05) is 11.6 Å². The van der Waals surface area contributed by atoms with Crippen LogP contribution in [0.25, 0.3) is 0 Å². The highest BCUT2D eigenvalue weighted by Crippen LogP contribution is 2.27. The zero-order valence-corrected chi connectivity index (χ0v) is 12.7. The van der Waals surface area contributed by atoms with Crippen LogP contribution in [0, 0.1) is 0 Å². The largest absolute Gasteiger partial charge is 0.482 e. The van der Waals surface area contributed by atoms with Crippen LogP contribution in [-0.2, 0) is 14.3 Å². The van der Waals surface area contributed by atoms with Crippen molar-refractivity contribution >= 4 is 35.1 Å². The van der Waals surface area contributed by atoms with Crippen molar-refractivity contribution in [1.29, 1.82) is 0 Å². The normalized spacial score (nSPS) is 10.0. The summed E-state index contributed by atoms with van der Waals surface area (Å²) in [6.07, 6.45) is 0. The number of hydrogen-bond donors (Lipinski definition) is 0. The second kappa shape index (κ2) is 7.97. The molecule has 0 radical (unpaired) electrons. The van der Waals surface area contributed by atoms with Gasteiger partial charge in [0.1, 0.15) is 12.3 Å². The summed E-state index contributed by atoms with van der Waals surface area (Å²) in [5.74, 6) is -0.452. The Bertz CT molecular complexity index is 493. The molecule has 0 heterocycles. The van der Waals surface area contributed by atoms with Crippen LogP contribution < -0.4 is 4.74 Å². The summed E-state index contributed by atoms with van der Waals surface area (Å²) >= 11 is 11.7. The Hall–Kier alpha value is -1.46. The highest BCUT2D eigenvalue weighted by molar-refractivity contribution is 6.35. The summed E-state index contributed by atoms with van der Waals surface area (Å²) in [7, 11) is 1.27. The molecule has 0 spiro atoms. The fourth-order valence-electron chi connectivity index (χ4n) is 1.42.